The molecule has 0 fully saturated rings. The molecule has 0 aliphatic carbocycles. The van der Waals surface area contributed by atoms with Gasteiger partial charge in [0.15, 0.2) is 11.5 Å². The molecular formula is C35H43NO6. The van der Waals surface area contributed by atoms with Gasteiger partial charge in [0, 0.05) is 6.54 Å². The lowest BCUT2D eigenvalue weighted by molar-refractivity contribution is -0.159. The summed E-state index contributed by atoms with van der Waals surface area (Å²) < 4.78 is 28.3. The number of likely N-dealkylation sites (N-methyl/N-ethyl adjacent to an activating group) is 1. The molecule has 3 aromatic carbocycles. The van der Waals surface area contributed by atoms with Crippen molar-refractivity contribution in [2.45, 2.75) is 48.0 Å². The van der Waals surface area contributed by atoms with Gasteiger partial charge in [0.2, 0.25) is 13.6 Å². The second-order valence-corrected chi connectivity index (χ2v) is 11.1. The number of rotatable bonds is 13. The standard InChI is InChI=1S/C35H43NO6/c1-7-30(27-14-19-31-32(22-27)41-24-40-31)33(25-10-15-28(16-11-25)38-21-20-36(8-2)9-3)26-12-17-29(18-13-26)39-23-42-34(37)35(4,5)6/h10-19,22H,7-9,20-21,23-24H2,1-6H3. The molecule has 0 unspecified atom stereocenters. The first-order chi connectivity index (χ1) is 20.2. The highest BCUT2D eigenvalue weighted by molar-refractivity contribution is 5.99. The molecule has 0 bridgehead atoms. The highest BCUT2D eigenvalue weighted by atomic mass is 16.7. The number of carbonyl (C=O) groups is 1. The number of benzene rings is 3. The van der Waals surface area contributed by atoms with E-state index in [4.69, 9.17) is 23.7 Å². The Balaban J connectivity index is 1.61. The van der Waals surface area contributed by atoms with Gasteiger partial charge in [-0.2, -0.15) is 0 Å². The van der Waals surface area contributed by atoms with Gasteiger partial charge in [-0.15, -0.1) is 0 Å². The van der Waals surface area contributed by atoms with E-state index in [1.165, 1.54) is 5.57 Å². The summed E-state index contributed by atoms with van der Waals surface area (Å²) in [7, 11) is 0. The Hall–Kier alpha value is -3.97. The first-order valence-corrected chi connectivity index (χ1v) is 14.7. The number of hydrogen-bond acceptors (Lipinski definition) is 7. The smallest absolute Gasteiger partial charge is 0.314 e. The van der Waals surface area contributed by atoms with E-state index in [1.54, 1.807) is 0 Å². The molecule has 0 saturated heterocycles. The number of esters is 1. The zero-order valence-electron chi connectivity index (χ0n) is 25.7. The van der Waals surface area contributed by atoms with Gasteiger partial charge >= 0.3 is 5.97 Å². The molecule has 4 rings (SSSR count). The van der Waals surface area contributed by atoms with Crippen LogP contribution in [-0.2, 0) is 9.53 Å². The Labute approximate surface area is 250 Å². The van der Waals surface area contributed by atoms with E-state index in [2.05, 4.69) is 43.9 Å². The molecule has 1 heterocycles. The molecule has 224 valence electrons. The highest BCUT2D eigenvalue weighted by Gasteiger charge is 2.23. The average molecular weight is 574 g/mol. The predicted molar refractivity (Wildman–Crippen MR) is 166 cm³/mol. The second-order valence-electron chi connectivity index (χ2n) is 11.1. The van der Waals surface area contributed by atoms with Gasteiger partial charge in [-0.1, -0.05) is 51.1 Å². The third kappa shape index (κ3) is 7.85. The molecule has 0 spiro atoms. The number of allylic oxidation sites excluding steroid dienone is 1. The van der Waals surface area contributed by atoms with Gasteiger partial charge in [-0.3, -0.25) is 4.79 Å². The third-order valence-corrected chi connectivity index (χ3v) is 7.26. The fourth-order valence-corrected chi connectivity index (χ4v) is 4.76. The molecular weight excluding hydrogens is 530 g/mol. The van der Waals surface area contributed by atoms with Crippen LogP contribution in [0.3, 0.4) is 0 Å². The molecule has 1 aliphatic heterocycles. The Bertz CT molecular complexity index is 1350. The van der Waals surface area contributed by atoms with Crippen molar-refractivity contribution in [3.63, 3.8) is 0 Å². The first kappa shape index (κ1) is 31.0. The fourth-order valence-electron chi connectivity index (χ4n) is 4.76. The van der Waals surface area contributed by atoms with Crippen molar-refractivity contribution in [2.75, 3.05) is 39.8 Å². The van der Waals surface area contributed by atoms with Crippen molar-refractivity contribution in [1.82, 2.24) is 4.90 Å². The van der Waals surface area contributed by atoms with Crippen LogP contribution in [-0.4, -0.2) is 50.7 Å². The summed E-state index contributed by atoms with van der Waals surface area (Å²) in [6, 6.07) is 22.3. The van der Waals surface area contributed by atoms with Crippen molar-refractivity contribution >= 4 is 17.1 Å². The fraction of sp³-hybridized carbons (Fsp3) is 0.400. The minimum absolute atomic E-state index is 0.134. The zero-order valence-corrected chi connectivity index (χ0v) is 25.7. The monoisotopic (exact) mass is 573 g/mol. The molecule has 3 aromatic rings. The summed E-state index contributed by atoms with van der Waals surface area (Å²) in [6.45, 7) is 15.6. The van der Waals surface area contributed by atoms with Crippen LogP contribution in [0.1, 0.15) is 64.7 Å². The molecule has 7 nitrogen and oxygen atoms in total. The van der Waals surface area contributed by atoms with Crippen LogP contribution in [0.2, 0.25) is 0 Å². The summed E-state index contributed by atoms with van der Waals surface area (Å²) >= 11 is 0. The summed E-state index contributed by atoms with van der Waals surface area (Å²) in [5.41, 5.74) is 4.90. The lowest BCUT2D eigenvalue weighted by Crippen LogP contribution is -2.27. The lowest BCUT2D eigenvalue weighted by Gasteiger charge is -2.19. The van der Waals surface area contributed by atoms with E-state index >= 15 is 0 Å². The Morgan fingerprint density at radius 2 is 1.36 bits per heavy atom. The van der Waals surface area contributed by atoms with E-state index in [-0.39, 0.29) is 19.6 Å². The quantitative estimate of drug-likeness (QED) is 0.120. The van der Waals surface area contributed by atoms with Gasteiger partial charge < -0.3 is 28.6 Å². The SMILES string of the molecule is CCC(=C(c1ccc(OCCN(CC)CC)cc1)c1ccc(OCOC(=O)C(C)(C)C)cc1)c1ccc2c(c1)OCO2. The van der Waals surface area contributed by atoms with E-state index in [1.807, 2.05) is 69.3 Å². The molecule has 42 heavy (non-hydrogen) atoms. The van der Waals surface area contributed by atoms with Crippen LogP contribution >= 0.6 is 0 Å². The largest absolute Gasteiger partial charge is 0.492 e. The van der Waals surface area contributed by atoms with Crippen molar-refractivity contribution in [2.24, 2.45) is 5.41 Å². The summed E-state index contributed by atoms with van der Waals surface area (Å²) in [4.78, 5) is 14.4. The minimum atomic E-state index is -0.579. The van der Waals surface area contributed by atoms with Crippen LogP contribution < -0.4 is 18.9 Å². The molecule has 0 radical (unpaired) electrons. The third-order valence-electron chi connectivity index (χ3n) is 7.26. The Morgan fingerprint density at radius 3 is 1.93 bits per heavy atom. The molecule has 0 amide bonds. The summed E-state index contributed by atoms with van der Waals surface area (Å²) in [6.07, 6.45) is 0.804. The molecule has 0 aromatic heterocycles. The zero-order chi connectivity index (χ0) is 30.1. The van der Waals surface area contributed by atoms with E-state index < -0.39 is 5.41 Å². The lowest BCUT2D eigenvalue weighted by atomic mass is 9.88. The number of fused-ring (bicyclic) bond motifs is 1. The van der Waals surface area contributed by atoms with Crippen LogP contribution in [0.25, 0.3) is 11.1 Å². The molecule has 1 aliphatic rings. The number of nitrogens with zero attached hydrogens (tertiary/aromatic N) is 1. The second kappa shape index (κ2) is 14.3. The van der Waals surface area contributed by atoms with Crippen LogP contribution in [0, 0.1) is 5.41 Å². The Kier molecular flexibility index (Phi) is 10.5. The maximum absolute atomic E-state index is 12.1. The van der Waals surface area contributed by atoms with Gasteiger partial charge in [0.05, 0.1) is 5.41 Å². The van der Waals surface area contributed by atoms with E-state index in [0.717, 1.165) is 65.6 Å². The van der Waals surface area contributed by atoms with Crippen molar-refractivity contribution in [3.8, 4) is 23.0 Å². The number of hydrogen-bond donors (Lipinski definition) is 0. The number of carbonyl (C=O) groups excluding carboxylic acids is 1. The minimum Gasteiger partial charge on any atom is -0.492 e. The Morgan fingerprint density at radius 1 is 0.786 bits per heavy atom. The van der Waals surface area contributed by atoms with Crippen molar-refractivity contribution in [1.29, 1.82) is 0 Å². The molecule has 0 saturated carbocycles. The van der Waals surface area contributed by atoms with Crippen molar-refractivity contribution in [3.05, 3.63) is 83.4 Å². The number of ether oxygens (including phenoxy) is 5. The van der Waals surface area contributed by atoms with Crippen LogP contribution in [0.15, 0.2) is 66.7 Å². The van der Waals surface area contributed by atoms with Crippen molar-refractivity contribution < 1.29 is 28.5 Å². The summed E-state index contributed by atoms with van der Waals surface area (Å²) in [5.74, 6) is 2.68. The highest BCUT2D eigenvalue weighted by Crippen LogP contribution is 2.40. The summed E-state index contributed by atoms with van der Waals surface area (Å²) in [5, 5.41) is 0. The average Bonchev–Trinajstić information content (AvgIpc) is 3.47. The van der Waals surface area contributed by atoms with Gasteiger partial charge in [0.1, 0.15) is 18.1 Å². The molecule has 7 heteroatoms. The van der Waals surface area contributed by atoms with Gasteiger partial charge in [0.25, 0.3) is 0 Å². The normalized spacial score (nSPS) is 13.1. The maximum Gasteiger partial charge on any atom is 0.314 e. The van der Waals surface area contributed by atoms with E-state index in [0.29, 0.717) is 12.4 Å². The maximum atomic E-state index is 12.1. The van der Waals surface area contributed by atoms with Gasteiger partial charge in [-0.25, -0.2) is 0 Å². The van der Waals surface area contributed by atoms with Crippen LogP contribution in [0.5, 0.6) is 23.0 Å². The van der Waals surface area contributed by atoms with Gasteiger partial charge in [-0.05, 0) is 105 Å². The first-order valence-electron chi connectivity index (χ1n) is 14.7. The molecule has 0 atom stereocenters. The van der Waals surface area contributed by atoms with Crippen LogP contribution in [0.4, 0.5) is 0 Å². The van der Waals surface area contributed by atoms with E-state index in [9.17, 15) is 4.79 Å². The molecule has 0 N–H and O–H groups in total. The predicted octanol–water partition coefficient (Wildman–Crippen LogP) is 7.43. The topological polar surface area (TPSA) is 66.5 Å².